The Morgan fingerprint density at radius 3 is 2.81 bits per heavy atom. The Labute approximate surface area is 93.2 Å². The van der Waals surface area contributed by atoms with Crippen LogP contribution in [0.3, 0.4) is 0 Å². The van der Waals surface area contributed by atoms with Crippen molar-refractivity contribution in [2.75, 3.05) is 13.2 Å². The molecule has 0 aliphatic carbocycles. The topological polar surface area (TPSA) is 35.5 Å². The van der Waals surface area contributed by atoms with Gasteiger partial charge in [0.1, 0.15) is 12.4 Å². The molecule has 0 saturated carbocycles. The summed E-state index contributed by atoms with van der Waals surface area (Å²) in [6.07, 6.45) is 0.724. The van der Waals surface area contributed by atoms with Crippen LogP contribution in [-0.4, -0.2) is 19.2 Å². The van der Waals surface area contributed by atoms with E-state index in [-0.39, 0.29) is 24.3 Å². The second-order valence-corrected chi connectivity index (χ2v) is 3.79. The summed E-state index contributed by atoms with van der Waals surface area (Å²) < 4.78 is 22.8. The van der Waals surface area contributed by atoms with E-state index in [1.165, 1.54) is 12.1 Å². The van der Waals surface area contributed by atoms with Crippen molar-refractivity contribution in [1.82, 2.24) is 0 Å². The predicted octanol–water partition coefficient (Wildman–Crippen LogP) is 1.91. The summed E-state index contributed by atoms with van der Waals surface area (Å²) in [6, 6.07) is 5.91. The van der Waals surface area contributed by atoms with Crippen LogP contribution in [0.1, 0.15) is 12.0 Å². The average Bonchev–Trinajstić information content (AvgIpc) is 2.81. The van der Waals surface area contributed by atoms with E-state index in [0.29, 0.717) is 13.2 Å². The number of halogens is 1. The molecule has 1 aliphatic rings. The summed E-state index contributed by atoms with van der Waals surface area (Å²) in [5, 5.41) is 0. The van der Waals surface area contributed by atoms with E-state index in [1.807, 2.05) is 0 Å². The van der Waals surface area contributed by atoms with Crippen molar-refractivity contribution in [3.8, 4) is 0 Å². The van der Waals surface area contributed by atoms with Crippen LogP contribution in [-0.2, 0) is 20.9 Å². The Morgan fingerprint density at radius 2 is 2.19 bits per heavy atom. The van der Waals surface area contributed by atoms with Crippen molar-refractivity contribution >= 4 is 5.97 Å². The fourth-order valence-corrected chi connectivity index (χ4v) is 1.57. The Morgan fingerprint density at radius 1 is 1.44 bits per heavy atom. The first-order valence-electron chi connectivity index (χ1n) is 5.24. The third-order valence-corrected chi connectivity index (χ3v) is 2.56. The lowest BCUT2D eigenvalue weighted by molar-refractivity contribution is -0.149. The van der Waals surface area contributed by atoms with E-state index in [2.05, 4.69) is 0 Å². The molecule has 1 aliphatic heterocycles. The highest BCUT2D eigenvalue weighted by Crippen LogP contribution is 2.15. The first-order valence-corrected chi connectivity index (χ1v) is 5.24. The van der Waals surface area contributed by atoms with Crippen LogP contribution in [0, 0.1) is 11.7 Å². The van der Waals surface area contributed by atoms with Crippen LogP contribution in [0.4, 0.5) is 4.39 Å². The van der Waals surface area contributed by atoms with Gasteiger partial charge in [-0.25, -0.2) is 4.39 Å². The molecule has 1 fully saturated rings. The van der Waals surface area contributed by atoms with Gasteiger partial charge in [0.2, 0.25) is 0 Å². The number of hydrogen-bond acceptors (Lipinski definition) is 3. The van der Waals surface area contributed by atoms with Gasteiger partial charge in [0.25, 0.3) is 0 Å². The maximum absolute atomic E-state index is 12.6. The van der Waals surface area contributed by atoms with Gasteiger partial charge in [-0.2, -0.15) is 0 Å². The molecule has 0 radical (unpaired) electrons. The number of rotatable bonds is 3. The van der Waals surface area contributed by atoms with E-state index in [9.17, 15) is 9.18 Å². The van der Waals surface area contributed by atoms with Crippen molar-refractivity contribution in [2.45, 2.75) is 13.0 Å². The number of hydrogen-bond donors (Lipinski definition) is 0. The fourth-order valence-electron chi connectivity index (χ4n) is 1.57. The molecule has 1 saturated heterocycles. The first-order chi connectivity index (χ1) is 7.75. The molecular formula is C12H13FO3. The number of esters is 1. The molecule has 3 nitrogen and oxygen atoms in total. The summed E-state index contributed by atoms with van der Waals surface area (Å²) in [4.78, 5) is 11.5. The predicted molar refractivity (Wildman–Crippen MR) is 55.1 cm³/mol. The Hall–Kier alpha value is -1.42. The molecule has 1 aromatic carbocycles. The van der Waals surface area contributed by atoms with Gasteiger partial charge >= 0.3 is 5.97 Å². The molecule has 4 heteroatoms. The van der Waals surface area contributed by atoms with Gasteiger partial charge in [0.05, 0.1) is 12.5 Å². The Bertz CT molecular complexity index is 355. The van der Waals surface area contributed by atoms with E-state index in [4.69, 9.17) is 9.47 Å². The maximum Gasteiger partial charge on any atom is 0.311 e. The molecule has 0 N–H and O–H groups in total. The summed E-state index contributed by atoms with van der Waals surface area (Å²) >= 11 is 0. The molecule has 16 heavy (non-hydrogen) atoms. The number of carbonyl (C=O) groups excluding carboxylic acids is 1. The highest BCUT2D eigenvalue weighted by Gasteiger charge is 2.24. The molecule has 1 atom stereocenters. The molecule has 1 aromatic rings. The number of ether oxygens (including phenoxy) is 2. The van der Waals surface area contributed by atoms with Crippen molar-refractivity contribution < 1.29 is 18.7 Å². The van der Waals surface area contributed by atoms with Gasteiger partial charge < -0.3 is 9.47 Å². The van der Waals surface area contributed by atoms with Crippen LogP contribution >= 0.6 is 0 Å². The smallest absolute Gasteiger partial charge is 0.311 e. The second kappa shape index (κ2) is 5.07. The lowest BCUT2D eigenvalue weighted by Gasteiger charge is -2.08. The quantitative estimate of drug-likeness (QED) is 0.736. The van der Waals surface area contributed by atoms with Crippen LogP contribution < -0.4 is 0 Å². The molecule has 1 unspecified atom stereocenters. The monoisotopic (exact) mass is 224 g/mol. The second-order valence-electron chi connectivity index (χ2n) is 3.79. The Balaban J connectivity index is 1.82. The zero-order valence-electron chi connectivity index (χ0n) is 8.82. The van der Waals surface area contributed by atoms with Gasteiger partial charge in [-0.05, 0) is 24.1 Å². The summed E-state index contributed by atoms with van der Waals surface area (Å²) in [5.74, 6) is -0.665. The van der Waals surface area contributed by atoms with Crippen molar-refractivity contribution in [1.29, 1.82) is 0 Å². The molecule has 2 rings (SSSR count). The van der Waals surface area contributed by atoms with Crippen molar-refractivity contribution in [3.63, 3.8) is 0 Å². The maximum atomic E-state index is 12.6. The van der Waals surface area contributed by atoms with E-state index >= 15 is 0 Å². The lowest BCUT2D eigenvalue weighted by atomic mass is 10.1. The van der Waals surface area contributed by atoms with E-state index < -0.39 is 0 Å². The normalized spacial score (nSPS) is 19.7. The molecule has 1 heterocycles. The first kappa shape index (κ1) is 11.1. The Kier molecular flexibility index (Phi) is 3.51. The minimum Gasteiger partial charge on any atom is -0.461 e. The van der Waals surface area contributed by atoms with Crippen LogP contribution in [0.2, 0.25) is 0 Å². The molecule has 86 valence electrons. The van der Waals surface area contributed by atoms with Gasteiger partial charge in [-0.1, -0.05) is 12.1 Å². The van der Waals surface area contributed by atoms with Crippen LogP contribution in [0.25, 0.3) is 0 Å². The third-order valence-electron chi connectivity index (χ3n) is 2.56. The van der Waals surface area contributed by atoms with Gasteiger partial charge in [-0.3, -0.25) is 4.79 Å². The molecule has 0 bridgehead atoms. The largest absolute Gasteiger partial charge is 0.461 e. The van der Waals surface area contributed by atoms with E-state index in [0.717, 1.165) is 12.0 Å². The highest BCUT2D eigenvalue weighted by atomic mass is 19.1. The van der Waals surface area contributed by atoms with Gasteiger partial charge in [0.15, 0.2) is 0 Å². The summed E-state index contributed by atoms with van der Waals surface area (Å²) in [5.41, 5.74) is 0.786. The minimum absolute atomic E-state index is 0.138. The highest BCUT2D eigenvalue weighted by molar-refractivity contribution is 5.72. The van der Waals surface area contributed by atoms with Gasteiger partial charge in [-0.15, -0.1) is 0 Å². The van der Waals surface area contributed by atoms with E-state index in [1.54, 1.807) is 12.1 Å². The minimum atomic E-state index is -0.292. The molecule has 0 spiro atoms. The molecule has 0 aromatic heterocycles. The summed E-state index contributed by atoms with van der Waals surface area (Å²) in [7, 11) is 0. The zero-order valence-corrected chi connectivity index (χ0v) is 8.82. The van der Waals surface area contributed by atoms with Gasteiger partial charge in [0, 0.05) is 6.61 Å². The summed E-state index contributed by atoms with van der Waals surface area (Å²) in [6.45, 7) is 1.26. The van der Waals surface area contributed by atoms with Crippen LogP contribution in [0.15, 0.2) is 24.3 Å². The lowest BCUT2D eigenvalue weighted by Crippen LogP contribution is -2.17. The zero-order chi connectivity index (χ0) is 11.4. The average molecular weight is 224 g/mol. The number of benzene rings is 1. The van der Waals surface area contributed by atoms with Crippen molar-refractivity contribution in [2.24, 2.45) is 5.92 Å². The van der Waals surface area contributed by atoms with Crippen LogP contribution in [0.5, 0.6) is 0 Å². The SMILES string of the molecule is O=C(OCc1ccc(F)cc1)C1CCOC1. The third kappa shape index (κ3) is 2.79. The number of carbonyl (C=O) groups is 1. The van der Waals surface area contributed by atoms with Crippen molar-refractivity contribution in [3.05, 3.63) is 35.6 Å². The molecule has 0 amide bonds. The standard InChI is InChI=1S/C12H13FO3/c13-11-3-1-9(2-4-11)7-16-12(14)10-5-6-15-8-10/h1-4,10H,5-8H2. The molecular weight excluding hydrogens is 211 g/mol. The fraction of sp³-hybridized carbons (Fsp3) is 0.417.